The van der Waals surface area contributed by atoms with Crippen molar-refractivity contribution < 1.29 is 4.79 Å². The number of thiophene rings is 1. The number of carbonyl (C=O) groups excluding carboxylic acids is 1. The van der Waals surface area contributed by atoms with Gasteiger partial charge in [0.25, 0.3) is 11.5 Å². The zero-order valence-electron chi connectivity index (χ0n) is 14.8. The fourth-order valence-corrected chi connectivity index (χ4v) is 5.22. The van der Waals surface area contributed by atoms with Crippen molar-refractivity contribution in [2.75, 3.05) is 0 Å². The van der Waals surface area contributed by atoms with Crippen molar-refractivity contribution in [3.05, 3.63) is 26.6 Å². The number of nitrogens with one attached hydrogen (secondary N) is 1. The number of amides is 1. The van der Waals surface area contributed by atoms with E-state index in [-0.39, 0.29) is 17.5 Å². The van der Waals surface area contributed by atoms with Gasteiger partial charge in [-0.05, 0) is 38.2 Å². The van der Waals surface area contributed by atoms with Gasteiger partial charge in [0.1, 0.15) is 10.7 Å². The summed E-state index contributed by atoms with van der Waals surface area (Å²) < 4.78 is 1.80. The summed E-state index contributed by atoms with van der Waals surface area (Å²) in [4.78, 5) is 31.8. The highest BCUT2D eigenvalue weighted by Crippen LogP contribution is 2.29. The van der Waals surface area contributed by atoms with Gasteiger partial charge >= 0.3 is 0 Å². The molecule has 1 aliphatic heterocycles. The summed E-state index contributed by atoms with van der Waals surface area (Å²) in [6, 6.07) is 0.266. The molecule has 1 saturated carbocycles. The predicted octanol–water partition coefficient (Wildman–Crippen LogP) is 3.56. The first-order chi connectivity index (χ1) is 12.1. The molecule has 2 aromatic rings. The van der Waals surface area contributed by atoms with Gasteiger partial charge in [-0.3, -0.25) is 14.2 Å². The molecule has 0 atom stereocenters. The number of aromatic nitrogens is 2. The van der Waals surface area contributed by atoms with Gasteiger partial charge in [-0.1, -0.05) is 25.7 Å². The zero-order valence-corrected chi connectivity index (χ0v) is 15.6. The van der Waals surface area contributed by atoms with Gasteiger partial charge in [-0.2, -0.15) is 0 Å². The molecule has 6 heteroatoms. The van der Waals surface area contributed by atoms with Crippen LogP contribution in [0.2, 0.25) is 0 Å². The van der Waals surface area contributed by atoms with E-state index in [2.05, 4.69) is 5.32 Å². The molecule has 134 valence electrons. The summed E-state index contributed by atoms with van der Waals surface area (Å²) in [5.74, 6) is 0.843. The van der Waals surface area contributed by atoms with E-state index in [1.54, 1.807) is 4.57 Å². The maximum Gasteiger partial charge on any atom is 0.262 e. The standard InChI is InChI=1S/C19H25N3O2S/c1-12-15-18(21-14-10-6-7-11-22(14)19(15)24)25-16(12)17(23)20-13-8-4-2-3-5-9-13/h13H,2-11H2,1H3,(H,20,23). The van der Waals surface area contributed by atoms with Gasteiger partial charge in [0.05, 0.1) is 10.3 Å². The number of fused-ring (bicyclic) bond motifs is 2. The van der Waals surface area contributed by atoms with E-state index in [4.69, 9.17) is 4.98 Å². The third kappa shape index (κ3) is 3.12. The molecular formula is C19H25N3O2S. The van der Waals surface area contributed by atoms with Crippen LogP contribution in [0.5, 0.6) is 0 Å². The quantitative estimate of drug-likeness (QED) is 0.834. The Kier molecular flexibility index (Phi) is 4.63. The second-order valence-corrected chi connectivity index (χ2v) is 8.34. The van der Waals surface area contributed by atoms with E-state index in [0.29, 0.717) is 10.3 Å². The van der Waals surface area contributed by atoms with Crippen molar-refractivity contribution in [1.29, 1.82) is 0 Å². The Labute approximate surface area is 151 Å². The lowest BCUT2D eigenvalue weighted by Crippen LogP contribution is -2.34. The number of rotatable bonds is 2. The van der Waals surface area contributed by atoms with E-state index in [1.165, 1.54) is 37.0 Å². The first-order valence-corrected chi connectivity index (χ1v) is 10.3. The summed E-state index contributed by atoms with van der Waals surface area (Å²) in [5.41, 5.74) is 0.825. The Bertz CT molecular complexity index is 860. The Hall–Kier alpha value is -1.69. The van der Waals surface area contributed by atoms with Crippen LogP contribution < -0.4 is 10.9 Å². The average Bonchev–Trinajstić information content (AvgIpc) is 2.78. The maximum absolute atomic E-state index is 12.9. The Morgan fingerprint density at radius 1 is 1.16 bits per heavy atom. The highest BCUT2D eigenvalue weighted by molar-refractivity contribution is 7.20. The van der Waals surface area contributed by atoms with Gasteiger partial charge < -0.3 is 5.32 Å². The minimum atomic E-state index is -0.0326. The van der Waals surface area contributed by atoms with Crippen molar-refractivity contribution in [1.82, 2.24) is 14.9 Å². The minimum absolute atomic E-state index is 0.0296. The first-order valence-electron chi connectivity index (χ1n) is 9.49. The molecule has 1 N–H and O–H groups in total. The fraction of sp³-hybridized carbons (Fsp3) is 0.632. The van der Waals surface area contributed by atoms with Crippen molar-refractivity contribution in [2.24, 2.45) is 0 Å². The smallest absolute Gasteiger partial charge is 0.262 e. The second-order valence-electron chi connectivity index (χ2n) is 7.34. The van der Waals surface area contributed by atoms with Crippen LogP contribution in [0.3, 0.4) is 0 Å². The van der Waals surface area contributed by atoms with Crippen LogP contribution in [0.1, 0.15) is 72.4 Å². The molecule has 2 aliphatic rings. The molecule has 1 aliphatic carbocycles. The molecule has 0 saturated heterocycles. The average molecular weight is 359 g/mol. The molecule has 1 amide bonds. The Balaban J connectivity index is 1.68. The van der Waals surface area contributed by atoms with Crippen LogP contribution in [0.25, 0.3) is 10.2 Å². The largest absolute Gasteiger partial charge is 0.349 e. The predicted molar refractivity (Wildman–Crippen MR) is 101 cm³/mol. The van der Waals surface area contributed by atoms with E-state index < -0.39 is 0 Å². The molecule has 0 spiro atoms. The number of aryl methyl sites for hydroxylation is 2. The molecule has 0 bridgehead atoms. The van der Waals surface area contributed by atoms with Crippen LogP contribution >= 0.6 is 11.3 Å². The molecular weight excluding hydrogens is 334 g/mol. The monoisotopic (exact) mass is 359 g/mol. The van der Waals surface area contributed by atoms with Crippen molar-refractivity contribution in [3.63, 3.8) is 0 Å². The minimum Gasteiger partial charge on any atom is -0.349 e. The van der Waals surface area contributed by atoms with E-state index >= 15 is 0 Å². The summed E-state index contributed by atoms with van der Waals surface area (Å²) in [7, 11) is 0. The molecule has 3 heterocycles. The molecule has 1 fully saturated rings. The zero-order chi connectivity index (χ0) is 17.4. The van der Waals surface area contributed by atoms with E-state index in [9.17, 15) is 9.59 Å². The van der Waals surface area contributed by atoms with Crippen LogP contribution in [0.4, 0.5) is 0 Å². The van der Waals surface area contributed by atoms with Crippen molar-refractivity contribution in [2.45, 2.75) is 77.3 Å². The molecule has 0 aromatic carbocycles. The topological polar surface area (TPSA) is 64.0 Å². The van der Waals surface area contributed by atoms with Gasteiger partial charge in [0.2, 0.25) is 0 Å². The van der Waals surface area contributed by atoms with Crippen LogP contribution in [0.15, 0.2) is 4.79 Å². The summed E-state index contributed by atoms with van der Waals surface area (Å²) in [6.07, 6.45) is 9.98. The highest BCUT2D eigenvalue weighted by Gasteiger charge is 2.24. The summed E-state index contributed by atoms with van der Waals surface area (Å²) >= 11 is 1.38. The second kappa shape index (κ2) is 6.90. The normalized spacial score (nSPS) is 18.8. The van der Waals surface area contributed by atoms with Gasteiger partial charge in [-0.15, -0.1) is 11.3 Å². The molecule has 5 nitrogen and oxygen atoms in total. The maximum atomic E-state index is 12.9. The highest BCUT2D eigenvalue weighted by atomic mass is 32.1. The molecule has 4 rings (SSSR count). The lowest BCUT2D eigenvalue weighted by Gasteiger charge is -2.16. The number of carbonyl (C=O) groups is 1. The molecule has 0 radical (unpaired) electrons. The van der Waals surface area contributed by atoms with E-state index in [0.717, 1.165) is 54.9 Å². The Morgan fingerprint density at radius 3 is 2.68 bits per heavy atom. The van der Waals surface area contributed by atoms with Crippen LogP contribution in [-0.2, 0) is 13.0 Å². The third-order valence-electron chi connectivity index (χ3n) is 5.56. The molecule has 2 aromatic heterocycles. The molecule has 25 heavy (non-hydrogen) atoms. The first kappa shape index (κ1) is 16.8. The fourth-order valence-electron chi connectivity index (χ4n) is 4.12. The number of nitrogens with zero attached hydrogens (tertiary/aromatic N) is 2. The van der Waals surface area contributed by atoms with Crippen LogP contribution in [-0.4, -0.2) is 21.5 Å². The summed E-state index contributed by atoms with van der Waals surface area (Å²) in [5, 5.41) is 3.84. The lowest BCUT2D eigenvalue weighted by molar-refractivity contribution is 0.0937. The Morgan fingerprint density at radius 2 is 1.92 bits per heavy atom. The summed E-state index contributed by atoms with van der Waals surface area (Å²) in [6.45, 7) is 2.63. The third-order valence-corrected chi connectivity index (χ3v) is 6.74. The lowest BCUT2D eigenvalue weighted by atomic mass is 10.1. The van der Waals surface area contributed by atoms with Crippen LogP contribution in [0, 0.1) is 6.92 Å². The van der Waals surface area contributed by atoms with Crippen molar-refractivity contribution >= 4 is 27.5 Å². The van der Waals surface area contributed by atoms with Gasteiger partial charge in [0.15, 0.2) is 0 Å². The van der Waals surface area contributed by atoms with Gasteiger partial charge in [-0.25, -0.2) is 4.98 Å². The molecule has 0 unspecified atom stereocenters. The number of hydrogen-bond donors (Lipinski definition) is 1. The van der Waals surface area contributed by atoms with E-state index in [1.807, 2.05) is 6.92 Å². The van der Waals surface area contributed by atoms with Gasteiger partial charge in [0, 0.05) is 19.0 Å². The SMILES string of the molecule is Cc1c(C(=O)NC2CCCCCC2)sc2nc3n(c(=O)c12)CCCC3. The number of hydrogen-bond acceptors (Lipinski definition) is 4. The van der Waals surface area contributed by atoms with Crippen molar-refractivity contribution in [3.8, 4) is 0 Å².